The van der Waals surface area contributed by atoms with Gasteiger partial charge in [-0.25, -0.2) is 4.98 Å². The van der Waals surface area contributed by atoms with Crippen molar-refractivity contribution in [2.45, 2.75) is 109 Å². The molecule has 2 heterocycles. The predicted octanol–water partition coefficient (Wildman–Crippen LogP) is 8.52. The first-order chi connectivity index (χ1) is 33.5. The van der Waals surface area contributed by atoms with Gasteiger partial charge < -0.3 is 39.0 Å². The molecule has 1 aliphatic heterocycles. The Morgan fingerprint density at radius 3 is 2.21 bits per heavy atom. The number of nitrogens with zero attached hydrogens (tertiary/aromatic N) is 6. The second-order valence-electron chi connectivity index (χ2n) is 19.1. The second-order valence-corrected chi connectivity index (χ2v) is 19.9. The number of allylic oxidation sites excluding steroid dienone is 2. The van der Waals surface area contributed by atoms with E-state index in [1.165, 1.54) is 12.0 Å². The first-order valence-corrected chi connectivity index (χ1v) is 24.9. The van der Waals surface area contributed by atoms with Gasteiger partial charge in [0.15, 0.2) is 5.78 Å². The van der Waals surface area contributed by atoms with Gasteiger partial charge in [-0.15, -0.1) is 0 Å². The van der Waals surface area contributed by atoms with Gasteiger partial charge in [-0.3, -0.25) is 24.0 Å². The number of ether oxygens (including phenoxy) is 2. The molecular formula is C54H69Cl2N7O7. The van der Waals surface area contributed by atoms with Crippen LogP contribution in [0.4, 0.5) is 0 Å². The van der Waals surface area contributed by atoms with E-state index in [0.29, 0.717) is 52.9 Å². The van der Waals surface area contributed by atoms with Gasteiger partial charge in [0.2, 0.25) is 23.6 Å². The Kier molecular flexibility index (Phi) is 19.2. The molecule has 3 aromatic carbocycles. The van der Waals surface area contributed by atoms with Gasteiger partial charge in [-0.2, -0.15) is 0 Å². The summed E-state index contributed by atoms with van der Waals surface area (Å²) in [6, 6.07) is 17.7. The number of amides is 4. The molecule has 2 aliphatic rings. The number of carbonyl (C=O) groups is 5. The Bertz CT molecular complexity index is 2480. The van der Waals surface area contributed by atoms with Crippen LogP contribution in [0.3, 0.4) is 0 Å². The number of ketones is 1. The van der Waals surface area contributed by atoms with Crippen molar-refractivity contribution in [1.29, 1.82) is 0 Å². The molecule has 1 N–H and O–H groups in total. The van der Waals surface area contributed by atoms with Gasteiger partial charge >= 0.3 is 0 Å². The number of aromatic nitrogens is 2. The SMILES string of the molecule is C/C=C/C[C@@H]1CC(=O)N(Cc2ccc(Cl)cc2Oc2ccc(-c3cnc(CN(C)C)n3C)cc2)[C@@H](C)C(=O)C[C@@H](COC)C(=O)N(C)[C@@H](Cc2ccc(Cl)cc2)CC(=O)N[C@H]2CCCC[C@@H]2N(C)C1=O. The fourth-order valence-electron chi connectivity index (χ4n) is 9.63. The molecular weight excluding hydrogens is 930 g/mol. The molecule has 70 heavy (non-hydrogen) atoms. The summed E-state index contributed by atoms with van der Waals surface area (Å²) in [5, 5.41) is 4.21. The number of hydrogen-bond donors (Lipinski definition) is 1. The summed E-state index contributed by atoms with van der Waals surface area (Å²) in [7, 11) is 10.9. The third-order valence-electron chi connectivity index (χ3n) is 13.8. The van der Waals surface area contributed by atoms with Crippen molar-refractivity contribution < 1.29 is 33.4 Å². The molecule has 6 atom stereocenters. The third-order valence-corrected chi connectivity index (χ3v) is 14.2. The highest BCUT2D eigenvalue weighted by molar-refractivity contribution is 6.31. The van der Waals surface area contributed by atoms with Crippen molar-refractivity contribution in [3.05, 3.63) is 112 Å². The molecule has 0 unspecified atom stereocenters. The summed E-state index contributed by atoms with van der Waals surface area (Å²) in [5.41, 5.74) is 3.35. The number of imidazole rings is 1. The van der Waals surface area contributed by atoms with Crippen molar-refractivity contribution in [2.75, 3.05) is 41.9 Å². The maximum Gasteiger partial charge on any atom is 0.228 e. The first-order valence-electron chi connectivity index (χ1n) is 24.2. The van der Waals surface area contributed by atoms with E-state index in [1.807, 2.05) is 82.8 Å². The third kappa shape index (κ3) is 13.9. The summed E-state index contributed by atoms with van der Waals surface area (Å²) in [4.78, 5) is 84.5. The van der Waals surface area contributed by atoms with Crippen LogP contribution < -0.4 is 10.1 Å². The van der Waals surface area contributed by atoms with Crippen LogP contribution in [0, 0.1) is 11.8 Å². The number of methoxy groups -OCH3 is 1. The fraction of sp³-hybridized carbons (Fsp3) is 0.481. The Labute approximate surface area is 423 Å². The Balaban J connectivity index is 1.36. The molecule has 6 rings (SSSR count). The van der Waals surface area contributed by atoms with Crippen LogP contribution in [0.2, 0.25) is 10.0 Å². The number of fused-ring (bicyclic) bond motifs is 1. The van der Waals surface area contributed by atoms with Crippen LogP contribution in [-0.4, -0.2) is 125 Å². The van der Waals surface area contributed by atoms with E-state index in [1.54, 1.807) is 61.2 Å². The number of halogens is 2. The number of benzene rings is 3. The summed E-state index contributed by atoms with van der Waals surface area (Å²) in [5.74, 6) is -1.49. The lowest BCUT2D eigenvalue weighted by atomic mass is 9.87. The molecule has 14 nitrogen and oxygen atoms in total. The van der Waals surface area contributed by atoms with E-state index in [-0.39, 0.29) is 74.4 Å². The van der Waals surface area contributed by atoms with E-state index in [9.17, 15) is 19.2 Å². The van der Waals surface area contributed by atoms with E-state index in [2.05, 4.69) is 19.8 Å². The second kappa shape index (κ2) is 25.0. The van der Waals surface area contributed by atoms with Crippen LogP contribution in [0.15, 0.2) is 85.1 Å². The Hall–Kier alpha value is -5.54. The summed E-state index contributed by atoms with van der Waals surface area (Å²) < 4.78 is 14.1. The average Bonchev–Trinajstić information content (AvgIpc) is 3.69. The highest BCUT2D eigenvalue weighted by atomic mass is 35.5. The van der Waals surface area contributed by atoms with E-state index in [4.69, 9.17) is 32.7 Å². The Morgan fingerprint density at radius 1 is 0.843 bits per heavy atom. The van der Waals surface area contributed by atoms with Crippen LogP contribution in [0.1, 0.15) is 82.2 Å². The van der Waals surface area contributed by atoms with Crippen molar-refractivity contribution >= 4 is 52.6 Å². The summed E-state index contributed by atoms with van der Waals surface area (Å²) >= 11 is 12.8. The number of Topliss-reactive ketones (excluding diaryl/α,β-unsaturated/α-hetero) is 1. The molecule has 1 aromatic heterocycles. The zero-order valence-electron chi connectivity index (χ0n) is 41.8. The van der Waals surface area contributed by atoms with Gasteiger partial charge in [0.1, 0.15) is 17.3 Å². The zero-order chi connectivity index (χ0) is 50.6. The minimum absolute atomic E-state index is 0.0140. The van der Waals surface area contributed by atoms with Gasteiger partial charge in [0.05, 0.1) is 55.5 Å². The first kappa shape index (κ1) is 53.8. The highest BCUT2D eigenvalue weighted by Gasteiger charge is 2.39. The van der Waals surface area contributed by atoms with Gasteiger partial charge in [-0.1, -0.05) is 66.4 Å². The van der Waals surface area contributed by atoms with E-state index in [0.717, 1.165) is 35.5 Å². The molecule has 2 fully saturated rings. The predicted molar refractivity (Wildman–Crippen MR) is 273 cm³/mol. The molecule has 16 heteroatoms. The van der Waals surface area contributed by atoms with Crippen LogP contribution in [-0.2, 0) is 55.3 Å². The van der Waals surface area contributed by atoms with Crippen molar-refractivity contribution in [2.24, 2.45) is 18.9 Å². The number of nitrogens with one attached hydrogen (secondary N) is 1. The lowest BCUT2D eigenvalue weighted by molar-refractivity contribution is -0.147. The number of rotatable bonds is 13. The highest BCUT2D eigenvalue weighted by Crippen LogP contribution is 2.33. The quantitative estimate of drug-likeness (QED) is 0.130. The zero-order valence-corrected chi connectivity index (χ0v) is 43.3. The summed E-state index contributed by atoms with van der Waals surface area (Å²) in [6.45, 7) is 4.08. The molecule has 1 saturated heterocycles. The maximum absolute atomic E-state index is 15.0. The molecule has 1 aliphatic carbocycles. The monoisotopic (exact) mass is 997 g/mol. The van der Waals surface area contributed by atoms with Crippen molar-refractivity contribution in [3.63, 3.8) is 0 Å². The van der Waals surface area contributed by atoms with Gasteiger partial charge in [-0.05, 0) is 108 Å². The summed E-state index contributed by atoms with van der Waals surface area (Å²) in [6.07, 6.45) is 8.83. The van der Waals surface area contributed by atoms with Crippen LogP contribution >= 0.6 is 23.2 Å². The number of likely N-dealkylation sites (N-methyl/N-ethyl adjacent to an activating group) is 2. The fourth-order valence-corrected chi connectivity index (χ4v) is 9.92. The lowest BCUT2D eigenvalue weighted by Crippen LogP contribution is -2.56. The lowest BCUT2D eigenvalue weighted by Gasteiger charge is -2.40. The standard InChI is InChI=1S/C54H69Cl2N7O7/c1-9-10-13-38-28-52(66)63(32-39-18-23-42(56)29-49(39)70-44-24-19-37(20-25-44)47-31-57-50(61(47)6)33-59(3)4)35(2)48(64)27-40(34-69-8)54(68)60(5)43(26-36-16-21-41(55)22-17-36)30-51(65)58-45-14-11-12-15-46(45)62(7)53(38)67/h9-10,16-25,29,31,35,38,40,43,45-46H,11-15,26-28,30,32-34H2,1-8H3,(H,58,65)/b10-9+/t35-,38+,40-,43-,45-,46-/m0/s1. The van der Waals surface area contributed by atoms with E-state index < -0.39 is 29.8 Å². The van der Waals surface area contributed by atoms with Gasteiger partial charge in [0, 0.05) is 80.8 Å². The van der Waals surface area contributed by atoms with Crippen molar-refractivity contribution in [3.8, 4) is 22.8 Å². The molecule has 4 aromatic rings. The normalized spacial score (nSPS) is 22.6. The van der Waals surface area contributed by atoms with E-state index >= 15 is 4.79 Å². The smallest absolute Gasteiger partial charge is 0.228 e. The average molecular weight is 999 g/mol. The van der Waals surface area contributed by atoms with Crippen LogP contribution in [0.25, 0.3) is 11.3 Å². The number of carbonyl (C=O) groups excluding carboxylic acids is 5. The minimum atomic E-state index is -1.04. The molecule has 376 valence electrons. The largest absolute Gasteiger partial charge is 0.457 e. The van der Waals surface area contributed by atoms with Gasteiger partial charge in [0.25, 0.3) is 0 Å². The van der Waals surface area contributed by atoms with Crippen molar-refractivity contribution in [1.82, 2.24) is 34.5 Å². The minimum Gasteiger partial charge on any atom is -0.457 e. The molecule has 0 bridgehead atoms. The molecule has 1 saturated carbocycles. The number of hydrogen-bond acceptors (Lipinski definition) is 9. The van der Waals surface area contributed by atoms with Crippen LogP contribution in [0.5, 0.6) is 11.5 Å². The topological polar surface area (TPSA) is 147 Å². The molecule has 4 amide bonds. The molecule has 0 spiro atoms. The molecule has 0 radical (unpaired) electrons. The maximum atomic E-state index is 15.0. The Morgan fingerprint density at radius 2 is 1.53 bits per heavy atom.